The van der Waals surface area contributed by atoms with Crippen molar-refractivity contribution in [2.45, 2.75) is 44.8 Å². The van der Waals surface area contributed by atoms with Gasteiger partial charge in [0.1, 0.15) is 11.9 Å². The number of amides is 1. The average Bonchev–Trinajstić information content (AvgIpc) is 3.04. The van der Waals surface area contributed by atoms with Gasteiger partial charge in [-0.25, -0.2) is 0 Å². The minimum Gasteiger partial charge on any atom is -0.368 e. The van der Waals surface area contributed by atoms with Crippen molar-refractivity contribution in [3.8, 4) is 0 Å². The standard InChI is InChI=1S/C15H22N4O2/c1-11-4-5-14(18-17-11)16-12-6-8-19(9-7-12)15(20)13-3-2-10-21-13/h4-5,12-13H,2-3,6-10H2,1H3,(H,16,18)/t13-/m1/s1. The Bertz CT molecular complexity index is 477. The van der Waals surface area contributed by atoms with E-state index in [0.717, 1.165) is 56.9 Å². The second-order valence-electron chi connectivity index (χ2n) is 5.81. The normalized spacial score (nSPS) is 23.3. The predicted molar refractivity (Wildman–Crippen MR) is 79.0 cm³/mol. The highest BCUT2D eigenvalue weighted by molar-refractivity contribution is 5.81. The van der Waals surface area contributed by atoms with Gasteiger partial charge in [0.05, 0.1) is 5.69 Å². The molecule has 3 heterocycles. The smallest absolute Gasteiger partial charge is 0.251 e. The maximum Gasteiger partial charge on any atom is 0.251 e. The van der Waals surface area contributed by atoms with Crippen LogP contribution in [0.25, 0.3) is 0 Å². The van der Waals surface area contributed by atoms with Crippen molar-refractivity contribution in [3.05, 3.63) is 17.8 Å². The summed E-state index contributed by atoms with van der Waals surface area (Å²) in [6.07, 6.45) is 3.55. The average molecular weight is 290 g/mol. The molecule has 2 saturated heterocycles. The molecule has 0 saturated carbocycles. The Morgan fingerprint density at radius 1 is 1.29 bits per heavy atom. The molecule has 3 rings (SSSR count). The Balaban J connectivity index is 1.48. The van der Waals surface area contributed by atoms with Crippen LogP contribution in [0.5, 0.6) is 0 Å². The first kappa shape index (κ1) is 14.3. The Morgan fingerprint density at radius 2 is 2.10 bits per heavy atom. The largest absolute Gasteiger partial charge is 0.368 e. The second-order valence-corrected chi connectivity index (χ2v) is 5.81. The molecule has 114 valence electrons. The lowest BCUT2D eigenvalue weighted by Crippen LogP contribution is -2.46. The molecule has 0 radical (unpaired) electrons. The van der Waals surface area contributed by atoms with E-state index in [4.69, 9.17) is 4.74 Å². The lowest BCUT2D eigenvalue weighted by Gasteiger charge is -2.33. The van der Waals surface area contributed by atoms with Crippen molar-refractivity contribution < 1.29 is 9.53 Å². The first-order chi connectivity index (χ1) is 10.2. The van der Waals surface area contributed by atoms with Gasteiger partial charge in [-0.15, -0.1) is 5.10 Å². The van der Waals surface area contributed by atoms with Crippen LogP contribution in [0.15, 0.2) is 12.1 Å². The number of nitrogens with one attached hydrogen (secondary N) is 1. The summed E-state index contributed by atoms with van der Waals surface area (Å²) in [6.45, 7) is 4.22. The highest BCUT2D eigenvalue weighted by Gasteiger charge is 2.30. The third-order valence-electron chi connectivity index (χ3n) is 4.16. The molecule has 1 N–H and O–H groups in total. The SMILES string of the molecule is Cc1ccc(NC2CCN(C(=O)[C@H]3CCCO3)CC2)nn1. The number of nitrogens with zero attached hydrogens (tertiary/aromatic N) is 3. The van der Waals surface area contributed by atoms with Crippen molar-refractivity contribution in [1.82, 2.24) is 15.1 Å². The van der Waals surface area contributed by atoms with Gasteiger partial charge in [-0.05, 0) is 44.7 Å². The van der Waals surface area contributed by atoms with Crippen LogP contribution in [0.3, 0.4) is 0 Å². The minimum absolute atomic E-state index is 0.168. The number of rotatable bonds is 3. The molecule has 2 aliphatic rings. The summed E-state index contributed by atoms with van der Waals surface area (Å²) in [5, 5.41) is 11.6. The number of carbonyl (C=O) groups is 1. The molecule has 21 heavy (non-hydrogen) atoms. The molecule has 0 aromatic carbocycles. The van der Waals surface area contributed by atoms with Crippen LogP contribution >= 0.6 is 0 Å². The van der Waals surface area contributed by atoms with Crippen LogP contribution in [0, 0.1) is 6.92 Å². The number of hydrogen-bond donors (Lipinski definition) is 1. The molecular formula is C15H22N4O2. The maximum atomic E-state index is 12.3. The molecule has 6 heteroatoms. The van der Waals surface area contributed by atoms with Gasteiger partial charge in [0, 0.05) is 25.7 Å². The first-order valence-corrected chi connectivity index (χ1v) is 7.69. The second kappa shape index (κ2) is 6.39. The summed E-state index contributed by atoms with van der Waals surface area (Å²) >= 11 is 0. The van der Waals surface area contributed by atoms with E-state index in [0.29, 0.717) is 6.04 Å². The van der Waals surface area contributed by atoms with E-state index < -0.39 is 0 Å². The Hall–Kier alpha value is -1.69. The van der Waals surface area contributed by atoms with Crippen molar-refractivity contribution in [2.75, 3.05) is 25.0 Å². The first-order valence-electron chi connectivity index (χ1n) is 7.69. The number of carbonyl (C=O) groups excluding carboxylic acids is 1. The van der Waals surface area contributed by atoms with Crippen LogP contribution in [-0.4, -0.2) is 52.8 Å². The third kappa shape index (κ3) is 3.50. The zero-order valence-electron chi connectivity index (χ0n) is 12.4. The molecule has 1 amide bonds. The zero-order valence-corrected chi connectivity index (χ0v) is 12.4. The van der Waals surface area contributed by atoms with E-state index in [1.165, 1.54) is 0 Å². The Morgan fingerprint density at radius 3 is 2.71 bits per heavy atom. The number of aryl methyl sites for hydroxylation is 1. The summed E-state index contributed by atoms with van der Waals surface area (Å²) in [4.78, 5) is 14.2. The van der Waals surface area contributed by atoms with Crippen LogP contribution in [0.1, 0.15) is 31.4 Å². The van der Waals surface area contributed by atoms with Gasteiger partial charge < -0.3 is 15.0 Å². The third-order valence-corrected chi connectivity index (χ3v) is 4.16. The van der Waals surface area contributed by atoms with E-state index in [1.807, 2.05) is 24.0 Å². The Kier molecular flexibility index (Phi) is 4.34. The fourth-order valence-electron chi connectivity index (χ4n) is 2.91. The molecule has 0 bridgehead atoms. The molecule has 6 nitrogen and oxygen atoms in total. The monoisotopic (exact) mass is 290 g/mol. The molecule has 2 fully saturated rings. The van der Waals surface area contributed by atoms with Crippen molar-refractivity contribution in [2.24, 2.45) is 0 Å². The lowest BCUT2D eigenvalue weighted by atomic mass is 10.0. The summed E-state index contributed by atoms with van der Waals surface area (Å²) in [6, 6.07) is 4.26. The predicted octanol–water partition coefficient (Wildman–Crippen LogP) is 1.37. The van der Waals surface area contributed by atoms with Gasteiger partial charge in [0.15, 0.2) is 0 Å². The van der Waals surface area contributed by atoms with Gasteiger partial charge >= 0.3 is 0 Å². The van der Waals surface area contributed by atoms with Gasteiger partial charge in [0.2, 0.25) is 0 Å². The van der Waals surface area contributed by atoms with Gasteiger partial charge in [-0.1, -0.05) is 0 Å². The van der Waals surface area contributed by atoms with Crippen LogP contribution < -0.4 is 5.32 Å². The molecule has 1 aromatic heterocycles. The minimum atomic E-state index is -0.197. The number of likely N-dealkylation sites (tertiary alicyclic amines) is 1. The van der Waals surface area contributed by atoms with Crippen LogP contribution in [0.2, 0.25) is 0 Å². The van der Waals surface area contributed by atoms with E-state index in [2.05, 4.69) is 15.5 Å². The van der Waals surface area contributed by atoms with Gasteiger partial charge in [0.25, 0.3) is 5.91 Å². The van der Waals surface area contributed by atoms with Gasteiger partial charge in [-0.2, -0.15) is 5.10 Å². The molecule has 1 aromatic rings. The van der Waals surface area contributed by atoms with Crippen LogP contribution in [-0.2, 0) is 9.53 Å². The van der Waals surface area contributed by atoms with E-state index in [9.17, 15) is 4.79 Å². The summed E-state index contributed by atoms with van der Waals surface area (Å²) in [5.74, 6) is 0.977. The van der Waals surface area contributed by atoms with Crippen molar-refractivity contribution >= 4 is 11.7 Å². The van der Waals surface area contributed by atoms with E-state index in [-0.39, 0.29) is 12.0 Å². The molecule has 0 spiro atoms. The fourth-order valence-corrected chi connectivity index (χ4v) is 2.91. The number of hydrogen-bond acceptors (Lipinski definition) is 5. The van der Waals surface area contributed by atoms with Crippen molar-refractivity contribution in [1.29, 1.82) is 0 Å². The van der Waals surface area contributed by atoms with Crippen molar-refractivity contribution in [3.63, 3.8) is 0 Å². The number of ether oxygens (including phenoxy) is 1. The summed E-state index contributed by atoms with van der Waals surface area (Å²) < 4.78 is 5.48. The quantitative estimate of drug-likeness (QED) is 0.910. The summed E-state index contributed by atoms with van der Waals surface area (Å²) in [7, 11) is 0. The van der Waals surface area contributed by atoms with Crippen LogP contribution in [0.4, 0.5) is 5.82 Å². The fraction of sp³-hybridized carbons (Fsp3) is 0.667. The highest BCUT2D eigenvalue weighted by Crippen LogP contribution is 2.19. The molecule has 0 aliphatic carbocycles. The molecule has 1 atom stereocenters. The zero-order chi connectivity index (χ0) is 14.7. The molecular weight excluding hydrogens is 268 g/mol. The Labute approximate surface area is 124 Å². The molecule has 0 unspecified atom stereocenters. The summed E-state index contributed by atoms with van der Waals surface area (Å²) in [5.41, 5.74) is 0.914. The number of piperidine rings is 1. The van der Waals surface area contributed by atoms with Gasteiger partial charge in [-0.3, -0.25) is 4.79 Å². The van der Waals surface area contributed by atoms with E-state index in [1.54, 1.807) is 0 Å². The molecule has 2 aliphatic heterocycles. The number of anilines is 1. The highest BCUT2D eigenvalue weighted by atomic mass is 16.5. The topological polar surface area (TPSA) is 67.4 Å². The number of aromatic nitrogens is 2. The maximum absolute atomic E-state index is 12.3. The lowest BCUT2D eigenvalue weighted by molar-refractivity contribution is -0.141. The van der Waals surface area contributed by atoms with E-state index >= 15 is 0 Å².